The maximum atomic E-state index is 11.7. The largest absolute Gasteiger partial charge is 0.353 e. The average Bonchev–Trinajstić information content (AvgIpc) is 3.22. The van der Waals surface area contributed by atoms with E-state index in [1.807, 2.05) is 6.08 Å². The highest BCUT2D eigenvalue weighted by atomic mass is 127. The normalized spacial score (nSPS) is 24.5. The second kappa shape index (κ2) is 9.91. The number of sulfone groups is 1. The van der Waals surface area contributed by atoms with E-state index in [0.717, 1.165) is 31.9 Å². The van der Waals surface area contributed by atoms with E-state index in [-0.39, 0.29) is 35.6 Å². The number of rotatable bonds is 5. The first-order valence-corrected chi connectivity index (χ1v) is 11.2. The van der Waals surface area contributed by atoms with E-state index < -0.39 is 9.84 Å². The van der Waals surface area contributed by atoms with Gasteiger partial charge >= 0.3 is 0 Å². The van der Waals surface area contributed by atoms with E-state index in [1.54, 1.807) is 0 Å². The van der Waals surface area contributed by atoms with Crippen LogP contribution in [-0.4, -0.2) is 57.0 Å². The summed E-state index contributed by atoms with van der Waals surface area (Å²) in [6.45, 7) is 9.04. The van der Waals surface area contributed by atoms with Crippen LogP contribution in [0.4, 0.5) is 0 Å². The molecule has 0 aliphatic carbocycles. The molecule has 2 fully saturated rings. The fraction of sp³-hybridized carbons (Fsp3) is 0.550. The molecule has 2 heterocycles. The Kier molecular flexibility index (Phi) is 8.15. The number of aliphatic imine (C=N–C) groups is 1. The predicted octanol–water partition coefficient (Wildman–Crippen LogP) is 2.97. The minimum atomic E-state index is -2.85. The number of halogens is 1. The molecule has 150 valence electrons. The molecule has 2 saturated heterocycles. The van der Waals surface area contributed by atoms with Crippen LogP contribution in [0.3, 0.4) is 0 Å². The van der Waals surface area contributed by atoms with Gasteiger partial charge in [0, 0.05) is 32.1 Å². The number of aryl methyl sites for hydroxylation is 1. The van der Waals surface area contributed by atoms with Gasteiger partial charge in [-0.2, -0.15) is 0 Å². The first kappa shape index (κ1) is 22.2. The van der Waals surface area contributed by atoms with Gasteiger partial charge in [-0.05, 0) is 31.2 Å². The van der Waals surface area contributed by atoms with Crippen LogP contribution in [0, 0.1) is 12.8 Å². The van der Waals surface area contributed by atoms with Crippen molar-refractivity contribution in [2.75, 3.05) is 37.7 Å². The summed E-state index contributed by atoms with van der Waals surface area (Å²) < 4.78 is 23.3. The van der Waals surface area contributed by atoms with Crippen LogP contribution in [0.15, 0.2) is 41.9 Å². The molecule has 2 atom stereocenters. The number of hydrogen-bond acceptors (Lipinski definition) is 3. The van der Waals surface area contributed by atoms with Crippen molar-refractivity contribution in [2.45, 2.75) is 25.7 Å². The minimum absolute atomic E-state index is 0. The van der Waals surface area contributed by atoms with Crippen LogP contribution in [0.25, 0.3) is 0 Å². The smallest absolute Gasteiger partial charge is 0.194 e. The molecule has 0 aromatic heterocycles. The van der Waals surface area contributed by atoms with Crippen molar-refractivity contribution < 1.29 is 8.42 Å². The van der Waals surface area contributed by atoms with Crippen molar-refractivity contribution >= 4 is 39.8 Å². The molecule has 7 heteroatoms. The highest BCUT2D eigenvalue weighted by molar-refractivity contribution is 14.0. The molecule has 5 nitrogen and oxygen atoms in total. The van der Waals surface area contributed by atoms with Gasteiger partial charge in [0.15, 0.2) is 15.8 Å². The zero-order valence-corrected chi connectivity index (χ0v) is 19.1. The van der Waals surface area contributed by atoms with Gasteiger partial charge in [0.05, 0.1) is 11.5 Å². The number of benzene rings is 1. The second-order valence-corrected chi connectivity index (χ2v) is 9.68. The van der Waals surface area contributed by atoms with Gasteiger partial charge in [0.2, 0.25) is 0 Å². The number of nitrogens with zero attached hydrogens (tertiary/aromatic N) is 2. The summed E-state index contributed by atoms with van der Waals surface area (Å²) in [4.78, 5) is 7.05. The maximum Gasteiger partial charge on any atom is 0.194 e. The Labute approximate surface area is 180 Å². The number of nitrogens with one attached hydrogen (secondary N) is 1. The lowest BCUT2D eigenvalue weighted by atomic mass is 9.97. The monoisotopic (exact) mass is 503 g/mol. The van der Waals surface area contributed by atoms with Gasteiger partial charge < -0.3 is 10.2 Å². The van der Waals surface area contributed by atoms with Crippen molar-refractivity contribution in [3.63, 3.8) is 0 Å². The summed E-state index contributed by atoms with van der Waals surface area (Å²) in [5.74, 6) is 2.12. The molecule has 2 unspecified atom stereocenters. The van der Waals surface area contributed by atoms with Crippen LogP contribution in [0.1, 0.15) is 29.9 Å². The molecule has 0 saturated carbocycles. The standard InChI is InChI=1S/C20H29N3O2S.HI/c1-3-9-21-20(22-13-17-8-11-26(24,25)15-17)23-10-7-19(14-23)18-6-4-5-16(2)12-18;/h3-6,12,17,19H,1,7-11,13-15H2,2H3,(H,21,22);1H. The third kappa shape index (κ3) is 6.20. The maximum absolute atomic E-state index is 11.7. The predicted molar refractivity (Wildman–Crippen MR) is 123 cm³/mol. The minimum Gasteiger partial charge on any atom is -0.353 e. The zero-order chi connectivity index (χ0) is 18.6. The number of guanidine groups is 1. The molecule has 1 N–H and O–H groups in total. The summed E-state index contributed by atoms with van der Waals surface area (Å²) >= 11 is 0. The van der Waals surface area contributed by atoms with Crippen LogP contribution in [-0.2, 0) is 9.84 Å². The lowest BCUT2D eigenvalue weighted by molar-refractivity contribution is 0.482. The highest BCUT2D eigenvalue weighted by Gasteiger charge is 2.29. The molecule has 0 spiro atoms. The Hall–Kier alpha value is -1.09. The van der Waals surface area contributed by atoms with Gasteiger partial charge in [-0.3, -0.25) is 4.99 Å². The quantitative estimate of drug-likeness (QED) is 0.291. The van der Waals surface area contributed by atoms with E-state index in [0.29, 0.717) is 24.8 Å². The van der Waals surface area contributed by atoms with E-state index in [4.69, 9.17) is 4.99 Å². The average molecular weight is 503 g/mol. The molecule has 0 amide bonds. The molecule has 1 aromatic carbocycles. The van der Waals surface area contributed by atoms with E-state index in [1.165, 1.54) is 11.1 Å². The molecule has 2 aliphatic heterocycles. The SMILES string of the molecule is C=CCNC(=NCC1CCS(=O)(=O)C1)N1CCC(c2cccc(C)c2)C1.I. The first-order valence-electron chi connectivity index (χ1n) is 9.38. The van der Waals surface area contributed by atoms with Crippen molar-refractivity contribution in [1.29, 1.82) is 0 Å². The fourth-order valence-electron chi connectivity index (χ4n) is 3.81. The lowest BCUT2D eigenvalue weighted by Gasteiger charge is -2.22. The molecule has 0 radical (unpaired) electrons. The van der Waals surface area contributed by atoms with Gasteiger partial charge in [-0.15, -0.1) is 30.6 Å². The van der Waals surface area contributed by atoms with Gasteiger partial charge in [0.25, 0.3) is 0 Å². The van der Waals surface area contributed by atoms with E-state index in [9.17, 15) is 8.42 Å². The Morgan fingerprint density at radius 1 is 1.41 bits per heavy atom. The van der Waals surface area contributed by atoms with Crippen LogP contribution < -0.4 is 5.32 Å². The molecule has 0 bridgehead atoms. The van der Waals surface area contributed by atoms with Crippen molar-refractivity contribution in [3.8, 4) is 0 Å². The zero-order valence-electron chi connectivity index (χ0n) is 15.9. The molecular formula is C20H30IN3O2S. The summed E-state index contributed by atoms with van der Waals surface area (Å²) in [6.07, 6.45) is 3.66. The topological polar surface area (TPSA) is 61.8 Å². The highest BCUT2D eigenvalue weighted by Crippen LogP contribution is 2.28. The summed E-state index contributed by atoms with van der Waals surface area (Å²) in [7, 11) is -2.85. The van der Waals surface area contributed by atoms with Crippen LogP contribution in [0.5, 0.6) is 0 Å². The first-order chi connectivity index (χ1) is 12.5. The third-order valence-electron chi connectivity index (χ3n) is 5.23. The lowest BCUT2D eigenvalue weighted by Crippen LogP contribution is -2.40. The molecular weight excluding hydrogens is 473 g/mol. The Morgan fingerprint density at radius 2 is 2.22 bits per heavy atom. The molecule has 3 rings (SSSR count). The fourth-order valence-corrected chi connectivity index (χ4v) is 5.66. The van der Waals surface area contributed by atoms with E-state index in [2.05, 4.69) is 48.0 Å². The van der Waals surface area contributed by atoms with Crippen molar-refractivity contribution in [3.05, 3.63) is 48.0 Å². The summed E-state index contributed by atoms with van der Waals surface area (Å²) in [6, 6.07) is 8.73. The molecule has 1 aromatic rings. The molecule has 2 aliphatic rings. The third-order valence-corrected chi connectivity index (χ3v) is 7.07. The van der Waals surface area contributed by atoms with E-state index >= 15 is 0 Å². The van der Waals surface area contributed by atoms with Gasteiger partial charge in [0.1, 0.15) is 0 Å². The van der Waals surface area contributed by atoms with Crippen LogP contribution in [0.2, 0.25) is 0 Å². The van der Waals surface area contributed by atoms with Crippen molar-refractivity contribution in [2.24, 2.45) is 10.9 Å². The summed E-state index contributed by atoms with van der Waals surface area (Å²) in [5.41, 5.74) is 2.68. The van der Waals surface area contributed by atoms with Crippen molar-refractivity contribution in [1.82, 2.24) is 10.2 Å². The van der Waals surface area contributed by atoms with Crippen LogP contribution >= 0.6 is 24.0 Å². The number of likely N-dealkylation sites (tertiary alicyclic amines) is 1. The Bertz CT molecular complexity index is 779. The Morgan fingerprint density at radius 3 is 2.89 bits per heavy atom. The second-order valence-electron chi connectivity index (χ2n) is 7.45. The Balaban J connectivity index is 0.00000261. The van der Waals surface area contributed by atoms with Gasteiger partial charge in [-0.1, -0.05) is 35.9 Å². The van der Waals surface area contributed by atoms with Gasteiger partial charge in [-0.25, -0.2) is 8.42 Å². The summed E-state index contributed by atoms with van der Waals surface area (Å²) in [5, 5.41) is 3.35. The molecule has 27 heavy (non-hydrogen) atoms. The number of hydrogen-bond donors (Lipinski definition) is 1.